The lowest BCUT2D eigenvalue weighted by Gasteiger charge is -2.34. The molecule has 9 heteroatoms. The number of anilines is 1. The van der Waals surface area contributed by atoms with E-state index in [9.17, 15) is 14.0 Å². The molecule has 1 aromatic carbocycles. The number of carbonyl (C=O) groups is 2. The van der Waals surface area contributed by atoms with Crippen LogP contribution in [0.15, 0.2) is 24.3 Å². The highest BCUT2D eigenvalue weighted by Gasteiger charge is 2.29. The van der Waals surface area contributed by atoms with Crippen molar-refractivity contribution in [2.75, 3.05) is 31.5 Å². The summed E-state index contributed by atoms with van der Waals surface area (Å²) in [7, 11) is 0. The lowest BCUT2D eigenvalue weighted by Crippen LogP contribution is -2.51. The zero-order chi connectivity index (χ0) is 18.1. The number of aromatic nitrogens is 2. The van der Waals surface area contributed by atoms with E-state index in [1.807, 2.05) is 0 Å². The van der Waals surface area contributed by atoms with Crippen LogP contribution in [-0.2, 0) is 0 Å². The van der Waals surface area contributed by atoms with Gasteiger partial charge in [-0.1, -0.05) is 11.3 Å². The molecule has 7 nitrogen and oxygen atoms in total. The number of nitrogens with zero attached hydrogens (tertiary/aromatic N) is 4. The Hall–Kier alpha value is -2.55. The van der Waals surface area contributed by atoms with E-state index in [-0.39, 0.29) is 17.8 Å². The first-order valence-electron chi connectivity index (χ1n) is 8.54. The van der Waals surface area contributed by atoms with E-state index in [2.05, 4.69) is 15.5 Å². The Balaban J connectivity index is 1.30. The predicted molar refractivity (Wildman–Crippen MR) is 94.8 cm³/mol. The van der Waals surface area contributed by atoms with Gasteiger partial charge in [-0.2, -0.15) is 0 Å². The monoisotopic (exact) mass is 375 g/mol. The first kappa shape index (κ1) is 16.9. The second-order valence-electron chi connectivity index (χ2n) is 6.44. The second-order valence-corrected chi connectivity index (χ2v) is 7.45. The number of nitrogens with one attached hydrogen (secondary N) is 1. The van der Waals surface area contributed by atoms with Crippen molar-refractivity contribution in [1.82, 2.24) is 20.0 Å². The Kier molecular flexibility index (Phi) is 4.54. The molecule has 1 N–H and O–H groups in total. The van der Waals surface area contributed by atoms with Gasteiger partial charge in [-0.05, 0) is 37.1 Å². The molecule has 2 aromatic rings. The van der Waals surface area contributed by atoms with Crippen LogP contribution in [0.2, 0.25) is 0 Å². The van der Waals surface area contributed by atoms with Gasteiger partial charge in [0.25, 0.3) is 5.91 Å². The number of rotatable bonds is 3. The molecule has 2 aliphatic rings. The standard InChI is InChI=1S/C17H18FN5O2S/c18-13-5-3-12(4-6-13)15(24)22-7-9-23(10-8-22)17(25)19-16-21-20-14(26-16)11-1-2-11/h3-6,11H,1-2,7-10H2,(H,19,21,25). The summed E-state index contributed by atoms with van der Waals surface area (Å²) in [6.45, 7) is 1.75. The van der Waals surface area contributed by atoms with Crippen molar-refractivity contribution >= 4 is 28.4 Å². The van der Waals surface area contributed by atoms with Crippen LogP contribution >= 0.6 is 11.3 Å². The molecule has 1 aromatic heterocycles. The molecule has 1 saturated carbocycles. The number of amides is 3. The summed E-state index contributed by atoms with van der Waals surface area (Å²) in [4.78, 5) is 28.1. The molecule has 26 heavy (non-hydrogen) atoms. The van der Waals surface area contributed by atoms with E-state index in [0.29, 0.717) is 42.8 Å². The maximum absolute atomic E-state index is 13.0. The summed E-state index contributed by atoms with van der Waals surface area (Å²) in [6.07, 6.45) is 2.29. The van der Waals surface area contributed by atoms with Crippen LogP contribution in [0.25, 0.3) is 0 Å². The molecular formula is C17H18FN5O2S. The first-order chi connectivity index (χ1) is 12.6. The van der Waals surface area contributed by atoms with E-state index in [1.165, 1.54) is 35.6 Å². The summed E-state index contributed by atoms with van der Waals surface area (Å²) in [5, 5.41) is 12.4. The third kappa shape index (κ3) is 3.67. The van der Waals surface area contributed by atoms with Gasteiger partial charge < -0.3 is 9.80 Å². The third-order valence-corrected chi connectivity index (χ3v) is 5.53. The maximum atomic E-state index is 13.0. The smallest absolute Gasteiger partial charge is 0.323 e. The molecule has 1 saturated heterocycles. The maximum Gasteiger partial charge on any atom is 0.323 e. The van der Waals surface area contributed by atoms with Crippen molar-refractivity contribution in [3.63, 3.8) is 0 Å². The molecule has 3 amide bonds. The fraction of sp³-hybridized carbons (Fsp3) is 0.412. The van der Waals surface area contributed by atoms with E-state index in [4.69, 9.17) is 0 Å². The van der Waals surface area contributed by atoms with Crippen molar-refractivity contribution in [2.24, 2.45) is 0 Å². The highest BCUT2D eigenvalue weighted by Crippen LogP contribution is 2.42. The Bertz CT molecular complexity index is 813. The molecule has 0 spiro atoms. The quantitative estimate of drug-likeness (QED) is 0.894. The Morgan fingerprint density at radius 2 is 1.69 bits per heavy atom. The van der Waals surface area contributed by atoms with Crippen molar-refractivity contribution in [3.8, 4) is 0 Å². The van der Waals surface area contributed by atoms with Crippen LogP contribution in [-0.4, -0.2) is 58.1 Å². The number of hydrogen-bond donors (Lipinski definition) is 1. The van der Waals surface area contributed by atoms with Crippen LogP contribution < -0.4 is 5.32 Å². The molecule has 2 heterocycles. The summed E-state index contributed by atoms with van der Waals surface area (Å²) in [5.74, 6) is -0.00742. The van der Waals surface area contributed by atoms with E-state index >= 15 is 0 Å². The van der Waals surface area contributed by atoms with Crippen molar-refractivity contribution < 1.29 is 14.0 Å². The van der Waals surface area contributed by atoms with Crippen molar-refractivity contribution in [2.45, 2.75) is 18.8 Å². The molecule has 4 rings (SSSR count). The minimum Gasteiger partial charge on any atom is -0.335 e. The van der Waals surface area contributed by atoms with Gasteiger partial charge in [0.2, 0.25) is 5.13 Å². The molecule has 136 valence electrons. The van der Waals surface area contributed by atoms with E-state index < -0.39 is 0 Å². The van der Waals surface area contributed by atoms with Crippen LogP contribution in [0.1, 0.15) is 34.1 Å². The molecule has 1 aliphatic heterocycles. The first-order valence-corrected chi connectivity index (χ1v) is 9.36. The molecule has 0 atom stereocenters. The van der Waals surface area contributed by atoms with Gasteiger partial charge in [0.1, 0.15) is 10.8 Å². The average Bonchev–Trinajstić information content (AvgIpc) is 3.41. The molecule has 0 radical (unpaired) electrons. The number of hydrogen-bond acceptors (Lipinski definition) is 5. The summed E-state index contributed by atoms with van der Waals surface area (Å²) >= 11 is 1.42. The molecule has 0 bridgehead atoms. The lowest BCUT2D eigenvalue weighted by molar-refractivity contribution is 0.0671. The second kappa shape index (κ2) is 6.99. The largest absolute Gasteiger partial charge is 0.335 e. The molecular weight excluding hydrogens is 357 g/mol. The Morgan fingerprint density at radius 1 is 1.04 bits per heavy atom. The topological polar surface area (TPSA) is 78.4 Å². The average molecular weight is 375 g/mol. The van der Waals surface area contributed by atoms with E-state index in [1.54, 1.807) is 9.80 Å². The minimum atomic E-state index is -0.371. The fourth-order valence-electron chi connectivity index (χ4n) is 2.84. The number of halogens is 1. The van der Waals surface area contributed by atoms with Gasteiger partial charge in [-0.25, -0.2) is 9.18 Å². The Labute approximate surface area is 153 Å². The van der Waals surface area contributed by atoms with Gasteiger partial charge in [0, 0.05) is 37.7 Å². The fourth-order valence-corrected chi connectivity index (χ4v) is 3.74. The van der Waals surface area contributed by atoms with Crippen LogP contribution in [0.5, 0.6) is 0 Å². The zero-order valence-corrected chi connectivity index (χ0v) is 14.8. The normalized spacial score (nSPS) is 17.3. The summed E-state index contributed by atoms with van der Waals surface area (Å²) in [5.41, 5.74) is 0.450. The number of benzene rings is 1. The van der Waals surface area contributed by atoms with Crippen LogP contribution in [0.3, 0.4) is 0 Å². The van der Waals surface area contributed by atoms with Crippen LogP contribution in [0.4, 0.5) is 14.3 Å². The third-order valence-electron chi connectivity index (χ3n) is 4.53. The number of piperazine rings is 1. The van der Waals surface area contributed by atoms with Gasteiger partial charge in [0.05, 0.1) is 0 Å². The molecule has 0 unspecified atom stereocenters. The van der Waals surface area contributed by atoms with E-state index in [0.717, 1.165) is 17.8 Å². The van der Waals surface area contributed by atoms with Gasteiger partial charge in [0.15, 0.2) is 0 Å². The number of urea groups is 1. The minimum absolute atomic E-state index is 0.150. The number of carbonyl (C=O) groups excluding carboxylic acids is 2. The summed E-state index contributed by atoms with van der Waals surface area (Å²) in [6, 6.07) is 5.27. The molecule has 2 fully saturated rings. The van der Waals surface area contributed by atoms with Crippen molar-refractivity contribution in [3.05, 3.63) is 40.7 Å². The van der Waals surface area contributed by atoms with Crippen LogP contribution in [0, 0.1) is 5.82 Å². The summed E-state index contributed by atoms with van der Waals surface area (Å²) < 4.78 is 13.0. The molecule has 1 aliphatic carbocycles. The highest BCUT2D eigenvalue weighted by atomic mass is 32.1. The van der Waals surface area contributed by atoms with Crippen molar-refractivity contribution in [1.29, 1.82) is 0 Å². The van der Waals surface area contributed by atoms with Gasteiger partial charge in [-0.15, -0.1) is 10.2 Å². The lowest BCUT2D eigenvalue weighted by atomic mass is 10.2. The zero-order valence-electron chi connectivity index (χ0n) is 14.0. The van der Waals surface area contributed by atoms with Gasteiger partial charge in [-0.3, -0.25) is 10.1 Å². The Morgan fingerprint density at radius 3 is 2.35 bits per heavy atom. The highest BCUT2D eigenvalue weighted by molar-refractivity contribution is 7.15. The SMILES string of the molecule is O=C(Nc1nnc(C2CC2)s1)N1CCN(C(=O)c2ccc(F)cc2)CC1. The predicted octanol–water partition coefficient (Wildman–Crippen LogP) is 2.54. The van der Waals surface area contributed by atoms with Gasteiger partial charge >= 0.3 is 6.03 Å².